The maximum Gasteiger partial charge on any atom is 0.223 e. The molecule has 94 valence electrons. The number of halogens is 1. The summed E-state index contributed by atoms with van der Waals surface area (Å²) in [6.07, 6.45) is 1.64. The van der Waals surface area contributed by atoms with Crippen LogP contribution < -0.4 is 10.5 Å². The molecule has 3 nitrogen and oxygen atoms in total. The van der Waals surface area contributed by atoms with Crippen molar-refractivity contribution in [1.82, 2.24) is 4.98 Å². The summed E-state index contributed by atoms with van der Waals surface area (Å²) < 4.78 is 18.7. The molecule has 0 aliphatic rings. The van der Waals surface area contributed by atoms with Crippen LogP contribution in [0.1, 0.15) is 24.1 Å². The lowest BCUT2D eigenvalue weighted by molar-refractivity contribution is 0.447. The minimum atomic E-state index is -0.284. The smallest absolute Gasteiger partial charge is 0.223 e. The molecular weight excluding hydrogens is 231 g/mol. The van der Waals surface area contributed by atoms with E-state index in [9.17, 15) is 4.39 Å². The van der Waals surface area contributed by atoms with Gasteiger partial charge in [0, 0.05) is 17.8 Å². The van der Waals surface area contributed by atoms with Gasteiger partial charge in [0.2, 0.25) is 5.88 Å². The standard InChI is InChI=1S/C14H15FN2O/c1-9-8-11(15)5-6-13(9)18-14-12(10(2)16)4-3-7-17-14/h3-8,10H,16H2,1-2H3. The van der Waals surface area contributed by atoms with Gasteiger partial charge in [0.25, 0.3) is 0 Å². The van der Waals surface area contributed by atoms with Crippen LogP contribution in [0.4, 0.5) is 4.39 Å². The van der Waals surface area contributed by atoms with Crippen LogP contribution in [0.5, 0.6) is 11.6 Å². The molecule has 0 spiro atoms. The van der Waals surface area contributed by atoms with Gasteiger partial charge in [-0.2, -0.15) is 0 Å². The van der Waals surface area contributed by atoms with Crippen molar-refractivity contribution >= 4 is 0 Å². The number of pyridine rings is 1. The van der Waals surface area contributed by atoms with E-state index in [1.807, 2.05) is 19.1 Å². The first-order valence-corrected chi connectivity index (χ1v) is 5.72. The van der Waals surface area contributed by atoms with E-state index in [4.69, 9.17) is 10.5 Å². The van der Waals surface area contributed by atoms with E-state index >= 15 is 0 Å². The maximum absolute atomic E-state index is 13.0. The summed E-state index contributed by atoms with van der Waals surface area (Å²) in [5.74, 6) is 0.757. The first-order chi connectivity index (χ1) is 8.58. The summed E-state index contributed by atoms with van der Waals surface area (Å²) in [4.78, 5) is 4.16. The summed E-state index contributed by atoms with van der Waals surface area (Å²) in [5.41, 5.74) is 7.39. The largest absolute Gasteiger partial charge is 0.438 e. The average molecular weight is 246 g/mol. The molecule has 1 atom stereocenters. The van der Waals surface area contributed by atoms with Crippen molar-refractivity contribution in [2.75, 3.05) is 0 Å². The number of hydrogen-bond donors (Lipinski definition) is 1. The number of rotatable bonds is 3. The maximum atomic E-state index is 13.0. The minimum Gasteiger partial charge on any atom is -0.438 e. The van der Waals surface area contributed by atoms with Crippen molar-refractivity contribution in [2.24, 2.45) is 5.73 Å². The van der Waals surface area contributed by atoms with Gasteiger partial charge in [-0.05, 0) is 43.7 Å². The summed E-state index contributed by atoms with van der Waals surface area (Å²) in [7, 11) is 0. The molecule has 2 aromatic rings. The Morgan fingerprint density at radius 2 is 2.11 bits per heavy atom. The fourth-order valence-corrected chi connectivity index (χ4v) is 1.67. The second-order valence-electron chi connectivity index (χ2n) is 4.20. The predicted octanol–water partition coefficient (Wildman–Crippen LogP) is 3.34. The number of ether oxygens (including phenoxy) is 1. The third-order valence-corrected chi connectivity index (χ3v) is 2.63. The molecule has 1 unspecified atom stereocenters. The Kier molecular flexibility index (Phi) is 3.58. The second kappa shape index (κ2) is 5.14. The van der Waals surface area contributed by atoms with Crippen LogP contribution in [-0.4, -0.2) is 4.98 Å². The van der Waals surface area contributed by atoms with E-state index in [2.05, 4.69) is 4.98 Å². The molecule has 1 aromatic carbocycles. The third kappa shape index (κ3) is 2.65. The van der Waals surface area contributed by atoms with Gasteiger partial charge in [-0.1, -0.05) is 6.07 Å². The van der Waals surface area contributed by atoms with E-state index in [1.165, 1.54) is 12.1 Å². The van der Waals surface area contributed by atoms with Gasteiger partial charge in [0.1, 0.15) is 11.6 Å². The Morgan fingerprint density at radius 3 is 2.78 bits per heavy atom. The number of benzene rings is 1. The van der Waals surface area contributed by atoms with E-state index in [0.717, 1.165) is 11.1 Å². The molecule has 0 aliphatic carbocycles. The Hall–Kier alpha value is -1.94. The summed E-state index contributed by atoms with van der Waals surface area (Å²) in [6, 6.07) is 7.87. The zero-order chi connectivity index (χ0) is 13.1. The van der Waals surface area contributed by atoms with Crippen molar-refractivity contribution in [3.05, 3.63) is 53.5 Å². The molecule has 2 rings (SSSR count). The number of nitrogens with zero attached hydrogens (tertiary/aromatic N) is 1. The summed E-state index contributed by atoms with van der Waals surface area (Å²) >= 11 is 0. The van der Waals surface area contributed by atoms with Gasteiger partial charge in [-0.15, -0.1) is 0 Å². The minimum absolute atomic E-state index is 0.172. The van der Waals surface area contributed by atoms with Crippen LogP contribution in [0.2, 0.25) is 0 Å². The summed E-state index contributed by atoms with van der Waals surface area (Å²) in [6.45, 7) is 3.65. The monoisotopic (exact) mass is 246 g/mol. The normalized spacial score (nSPS) is 12.2. The van der Waals surface area contributed by atoms with Crippen molar-refractivity contribution in [2.45, 2.75) is 19.9 Å². The van der Waals surface area contributed by atoms with Gasteiger partial charge in [-0.3, -0.25) is 0 Å². The molecule has 18 heavy (non-hydrogen) atoms. The van der Waals surface area contributed by atoms with E-state index in [0.29, 0.717) is 11.6 Å². The Bertz CT molecular complexity index is 555. The molecule has 1 aromatic heterocycles. The SMILES string of the molecule is Cc1cc(F)ccc1Oc1ncccc1C(C)N. The lowest BCUT2D eigenvalue weighted by Crippen LogP contribution is -2.07. The van der Waals surface area contributed by atoms with Crippen LogP contribution >= 0.6 is 0 Å². The van der Waals surface area contributed by atoms with E-state index in [-0.39, 0.29) is 11.9 Å². The highest BCUT2D eigenvalue weighted by atomic mass is 19.1. The predicted molar refractivity (Wildman–Crippen MR) is 68.1 cm³/mol. The topological polar surface area (TPSA) is 48.1 Å². The van der Waals surface area contributed by atoms with E-state index in [1.54, 1.807) is 19.2 Å². The van der Waals surface area contributed by atoms with Crippen LogP contribution in [-0.2, 0) is 0 Å². The molecule has 0 fully saturated rings. The van der Waals surface area contributed by atoms with Gasteiger partial charge in [0.15, 0.2) is 0 Å². The molecule has 4 heteroatoms. The van der Waals surface area contributed by atoms with Gasteiger partial charge in [-0.25, -0.2) is 9.37 Å². The molecule has 2 N–H and O–H groups in total. The fourth-order valence-electron chi connectivity index (χ4n) is 1.67. The van der Waals surface area contributed by atoms with Crippen molar-refractivity contribution in [3.63, 3.8) is 0 Å². The van der Waals surface area contributed by atoms with Gasteiger partial charge < -0.3 is 10.5 Å². The Balaban J connectivity index is 2.34. The number of aryl methyl sites for hydroxylation is 1. The molecule has 0 aliphatic heterocycles. The van der Waals surface area contributed by atoms with Crippen molar-refractivity contribution in [1.29, 1.82) is 0 Å². The second-order valence-corrected chi connectivity index (χ2v) is 4.20. The number of aromatic nitrogens is 1. The van der Waals surface area contributed by atoms with Crippen molar-refractivity contribution in [3.8, 4) is 11.6 Å². The van der Waals surface area contributed by atoms with E-state index < -0.39 is 0 Å². The third-order valence-electron chi connectivity index (χ3n) is 2.63. The highest BCUT2D eigenvalue weighted by Gasteiger charge is 2.11. The highest BCUT2D eigenvalue weighted by molar-refractivity contribution is 5.38. The lowest BCUT2D eigenvalue weighted by atomic mass is 10.1. The molecule has 0 amide bonds. The quantitative estimate of drug-likeness (QED) is 0.903. The van der Waals surface area contributed by atoms with Gasteiger partial charge in [0.05, 0.1) is 0 Å². The fraction of sp³-hybridized carbons (Fsp3) is 0.214. The lowest BCUT2D eigenvalue weighted by Gasteiger charge is -2.13. The van der Waals surface area contributed by atoms with Crippen LogP contribution in [0, 0.1) is 12.7 Å². The number of nitrogens with two attached hydrogens (primary N) is 1. The Labute approximate surface area is 105 Å². The molecule has 0 bridgehead atoms. The zero-order valence-electron chi connectivity index (χ0n) is 10.4. The summed E-state index contributed by atoms with van der Waals surface area (Å²) in [5, 5.41) is 0. The molecular formula is C14H15FN2O. The van der Waals surface area contributed by atoms with Crippen LogP contribution in [0.3, 0.4) is 0 Å². The first-order valence-electron chi connectivity index (χ1n) is 5.72. The van der Waals surface area contributed by atoms with Crippen molar-refractivity contribution < 1.29 is 9.13 Å². The van der Waals surface area contributed by atoms with Crippen LogP contribution in [0.15, 0.2) is 36.5 Å². The molecule has 0 saturated carbocycles. The zero-order valence-corrected chi connectivity index (χ0v) is 10.4. The highest BCUT2D eigenvalue weighted by Crippen LogP contribution is 2.28. The average Bonchev–Trinajstić information content (AvgIpc) is 2.33. The van der Waals surface area contributed by atoms with Gasteiger partial charge >= 0.3 is 0 Å². The molecule has 0 saturated heterocycles. The first kappa shape index (κ1) is 12.5. The van der Waals surface area contributed by atoms with Crippen LogP contribution in [0.25, 0.3) is 0 Å². The molecule has 1 heterocycles. The number of hydrogen-bond acceptors (Lipinski definition) is 3. The Morgan fingerprint density at radius 1 is 1.33 bits per heavy atom. The molecule has 0 radical (unpaired) electrons.